The van der Waals surface area contributed by atoms with Gasteiger partial charge in [-0.2, -0.15) is 0 Å². The summed E-state index contributed by atoms with van der Waals surface area (Å²) in [4.78, 5) is 26.1. The van der Waals surface area contributed by atoms with Crippen LogP contribution in [0.15, 0.2) is 36.4 Å². The maximum Gasteiger partial charge on any atom is 0.342 e. The molecule has 1 amide bonds. The molecule has 144 valence electrons. The fourth-order valence-electron chi connectivity index (χ4n) is 2.65. The first-order valence-electron chi connectivity index (χ1n) is 8.55. The predicted octanol–water partition coefficient (Wildman–Crippen LogP) is 3.14. The van der Waals surface area contributed by atoms with Crippen LogP contribution in [0, 0.1) is 13.8 Å². The van der Waals surface area contributed by atoms with Crippen molar-refractivity contribution in [2.45, 2.75) is 20.4 Å². The second-order valence-electron chi connectivity index (χ2n) is 6.32. The highest BCUT2D eigenvalue weighted by Crippen LogP contribution is 2.25. The van der Waals surface area contributed by atoms with E-state index in [0.29, 0.717) is 18.0 Å². The van der Waals surface area contributed by atoms with E-state index in [2.05, 4.69) is 6.07 Å². The molecule has 0 N–H and O–H groups in total. The summed E-state index contributed by atoms with van der Waals surface area (Å²) in [6, 6.07) is 10.9. The standard InChI is InChI=1S/C21H25NO5/c1-14-6-7-16(15(2)10-14)12-22(3)20(23)13-27-21(24)18-9-8-17(25-4)11-19(18)26-5/h6-11H,12-13H2,1-5H3. The number of hydrogen-bond acceptors (Lipinski definition) is 5. The summed E-state index contributed by atoms with van der Waals surface area (Å²) < 4.78 is 15.5. The van der Waals surface area contributed by atoms with Gasteiger partial charge in [-0.3, -0.25) is 4.79 Å². The van der Waals surface area contributed by atoms with Gasteiger partial charge in [0, 0.05) is 19.7 Å². The van der Waals surface area contributed by atoms with Crippen LogP contribution in [0.25, 0.3) is 0 Å². The van der Waals surface area contributed by atoms with Gasteiger partial charge < -0.3 is 19.1 Å². The van der Waals surface area contributed by atoms with Gasteiger partial charge in [-0.05, 0) is 37.1 Å². The molecule has 0 aliphatic rings. The first-order valence-corrected chi connectivity index (χ1v) is 8.55. The van der Waals surface area contributed by atoms with Gasteiger partial charge in [0.1, 0.15) is 17.1 Å². The molecule has 0 radical (unpaired) electrons. The Kier molecular flexibility index (Phi) is 6.82. The van der Waals surface area contributed by atoms with E-state index < -0.39 is 5.97 Å². The van der Waals surface area contributed by atoms with Gasteiger partial charge in [-0.1, -0.05) is 23.8 Å². The van der Waals surface area contributed by atoms with E-state index in [-0.39, 0.29) is 18.1 Å². The third-order valence-electron chi connectivity index (χ3n) is 4.29. The molecule has 0 aromatic heterocycles. The predicted molar refractivity (Wildman–Crippen MR) is 102 cm³/mol. The number of esters is 1. The number of nitrogens with zero attached hydrogens (tertiary/aromatic N) is 1. The molecule has 0 aliphatic carbocycles. The molecule has 2 aromatic carbocycles. The third-order valence-corrected chi connectivity index (χ3v) is 4.29. The Morgan fingerprint density at radius 2 is 1.74 bits per heavy atom. The van der Waals surface area contributed by atoms with Crippen molar-refractivity contribution in [3.8, 4) is 11.5 Å². The summed E-state index contributed by atoms with van der Waals surface area (Å²) in [5.74, 6) is -0.0123. The van der Waals surface area contributed by atoms with Crippen LogP contribution in [-0.4, -0.2) is 44.7 Å². The van der Waals surface area contributed by atoms with Crippen LogP contribution >= 0.6 is 0 Å². The lowest BCUT2D eigenvalue weighted by Crippen LogP contribution is -2.31. The molecule has 6 nitrogen and oxygen atoms in total. The Balaban J connectivity index is 1.97. The molecule has 0 bridgehead atoms. The number of rotatable bonds is 7. The van der Waals surface area contributed by atoms with Gasteiger partial charge in [-0.25, -0.2) is 4.79 Å². The Bertz CT molecular complexity index is 831. The zero-order chi connectivity index (χ0) is 20.0. The smallest absolute Gasteiger partial charge is 0.342 e. The number of likely N-dealkylation sites (N-methyl/N-ethyl adjacent to an activating group) is 1. The lowest BCUT2D eigenvalue weighted by Gasteiger charge is -2.19. The number of ether oxygens (including phenoxy) is 3. The molecule has 0 saturated carbocycles. The second-order valence-corrected chi connectivity index (χ2v) is 6.32. The summed E-state index contributed by atoms with van der Waals surface area (Å²) in [6.45, 7) is 4.15. The van der Waals surface area contributed by atoms with E-state index in [1.54, 1.807) is 25.2 Å². The van der Waals surface area contributed by atoms with E-state index in [1.165, 1.54) is 24.7 Å². The summed E-state index contributed by atoms with van der Waals surface area (Å²) >= 11 is 0. The first kappa shape index (κ1) is 20.3. The number of aryl methyl sites for hydroxylation is 2. The number of amides is 1. The molecule has 0 saturated heterocycles. The van der Waals surface area contributed by atoms with Gasteiger partial charge in [-0.15, -0.1) is 0 Å². The number of hydrogen-bond donors (Lipinski definition) is 0. The topological polar surface area (TPSA) is 65.1 Å². The van der Waals surface area contributed by atoms with Gasteiger partial charge >= 0.3 is 5.97 Å². The zero-order valence-electron chi connectivity index (χ0n) is 16.4. The van der Waals surface area contributed by atoms with Crippen molar-refractivity contribution < 1.29 is 23.8 Å². The van der Waals surface area contributed by atoms with E-state index in [0.717, 1.165) is 11.1 Å². The monoisotopic (exact) mass is 371 g/mol. The quantitative estimate of drug-likeness (QED) is 0.700. The number of carbonyl (C=O) groups excluding carboxylic acids is 2. The minimum Gasteiger partial charge on any atom is -0.497 e. The van der Waals surface area contributed by atoms with Crippen molar-refractivity contribution in [1.82, 2.24) is 4.90 Å². The van der Waals surface area contributed by atoms with Crippen molar-refractivity contribution in [3.05, 3.63) is 58.7 Å². The van der Waals surface area contributed by atoms with E-state index in [9.17, 15) is 9.59 Å². The van der Waals surface area contributed by atoms with Crippen molar-refractivity contribution in [3.63, 3.8) is 0 Å². The molecule has 0 atom stereocenters. The maximum atomic E-state index is 12.3. The zero-order valence-corrected chi connectivity index (χ0v) is 16.4. The Morgan fingerprint density at radius 3 is 2.37 bits per heavy atom. The highest BCUT2D eigenvalue weighted by Gasteiger charge is 2.18. The molecule has 0 fully saturated rings. The Labute approximate surface area is 159 Å². The van der Waals surface area contributed by atoms with Crippen LogP contribution < -0.4 is 9.47 Å². The van der Waals surface area contributed by atoms with E-state index >= 15 is 0 Å². The van der Waals surface area contributed by atoms with Gasteiger partial charge in [0.05, 0.1) is 14.2 Å². The van der Waals surface area contributed by atoms with Crippen LogP contribution in [-0.2, 0) is 16.1 Å². The van der Waals surface area contributed by atoms with Gasteiger partial charge in [0.15, 0.2) is 6.61 Å². The number of benzene rings is 2. The number of carbonyl (C=O) groups is 2. The van der Waals surface area contributed by atoms with Crippen molar-refractivity contribution in [2.24, 2.45) is 0 Å². The first-order chi connectivity index (χ1) is 12.8. The van der Waals surface area contributed by atoms with Crippen LogP contribution in [0.3, 0.4) is 0 Å². The average Bonchev–Trinajstić information content (AvgIpc) is 2.67. The molecule has 0 unspecified atom stereocenters. The molecular weight excluding hydrogens is 346 g/mol. The van der Waals surface area contributed by atoms with Crippen LogP contribution in [0.5, 0.6) is 11.5 Å². The van der Waals surface area contributed by atoms with Crippen molar-refractivity contribution in [1.29, 1.82) is 0 Å². The minimum atomic E-state index is -0.622. The van der Waals surface area contributed by atoms with Gasteiger partial charge in [0.25, 0.3) is 5.91 Å². The highest BCUT2D eigenvalue weighted by molar-refractivity contribution is 5.94. The fourth-order valence-corrected chi connectivity index (χ4v) is 2.65. The number of methoxy groups -OCH3 is 2. The van der Waals surface area contributed by atoms with Gasteiger partial charge in [0.2, 0.25) is 0 Å². The summed E-state index contributed by atoms with van der Waals surface area (Å²) in [7, 11) is 4.66. The fraction of sp³-hybridized carbons (Fsp3) is 0.333. The van der Waals surface area contributed by atoms with E-state index in [4.69, 9.17) is 14.2 Å². The molecule has 27 heavy (non-hydrogen) atoms. The van der Waals surface area contributed by atoms with Crippen molar-refractivity contribution >= 4 is 11.9 Å². The largest absolute Gasteiger partial charge is 0.497 e. The Hall–Kier alpha value is -3.02. The second kappa shape index (κ2) is 9.07. The highest BCUT2D eigenvalue weighted by atomic mass is 16.5. The molecule has 6 heteroatoms. The maximum absolute atomic E-state index is 12.3. The van der Waals surface area contributed by atoms with Crippen LogP contribution in [0.1, 0.15) is 27.0 Å². The summed E-state index contributed by atoms with van der Waals surface area (Å²) in [6.07, 6.45) is 0. The summed E-state index contributed by atoms with van der Waals surface area (Å²) in [5, 5.41) is 0. The lowest BCUT2D eigenvalue weighted by molar-refractivity contribution is -0.133. The molecule has 0 spiro atoms. The van der Waals surface area contributed by atoms with Crippen molar-refractivity contribution in [2.75, 3.05) is 27.9 Å². The average molecular weight is 371 g/mol. The third kappa shape index (κ3) is 5.23. The molecule has 0 aliphatic heterocycles. The molecule has 2 rings (SSSR count). The minimum absolute atomic E-state index is 0.239. The lowest BCUT2D eigenvalue weighted by atomic mass is 10.1. The van der Waals surface area contributed by atoms with Crippen LogP contribution in [0.4, 0.5) is 0 Å². The van der Waals surface area contributed by atoms with Crippen LogP contribution in [0.2, 0.25) is 0 Å². The molecule has 2 aromatic rings. The SMILES string of the molecule is COc1ccc(C(=O)OCC(=O)N(C)Cc2ccc(C)cc2C)c(OC)c1. The molecule has 0 heterocycles. The van der Waals surface area contributed by atoms with E-state index in [1.807, 2.05) is 26.0 Å². The summed E-state index contributed by atoms with van der Waals surface area (Å²) in [5.41, 5.74) is 3.59. The Morgan fingerprint density at radius 1 is 1.00 bits per heavy atom. The normalized spacial score (nSPS) is 10.3. The molecular formula is C21H25NO5.